The van der Waals surface area contributed by atoms with Crippen molar-refractivity contribution in [1.82, 2.24) is 0 Å². The summed E-state index contributed by atoms with van der Waals surface area (Å²) in [5.74, 6) is -0.890. The van der Waals surface area contributed by atoms with E-state index in [1.165, 1.54) is 5.57 Å². The molecule has 0 amide bonds. The molecule has 0 spiro atoms. The summed E-state index contributed by atoms with van der Waals surface area (Å²) in [4.78, 5) is 42.0. The molecule has 1 fully saturated rings. The zero-order valence-electron chi connectivity index (χ0n) is 19.9. The summed E-state index contributed by atoms with van der Waals surface area (Å²) in [5.41, 5.74) is -2.49. The summed E-state index contributed by atoms with van der Waals surface area (Å²) >= 11 is 0. The van der Waals surface area contributed by atoms with Crippen LogP contribution >= 0.6 is 0 Å². The Morgan fingerprint density at radius 3 is 2.30 bits per heavy atom. The van der Waals surface area contributed by atoms with Gasteiger partial charge in [-0.1, -0.05) is 39.3 Å². The molecule has 0 aromatic carbocycles. The lowest BCUT2D eigenvalue weighted by atomic mass is 9.40. The number of hydrogen-bond acceptors (Lipinski definition) is 4. The fourth-order valence-corrected chi connectivity index (χ4v) is 5.68. The summed E-state index contributed by atoms with van der Waals surface area (Å²) in [7, 11) is 0. The fraction of sp³-hybridized carbons (Fsp3) is 0.654. The highest BCUT2D eigenvalue weighted by Gasteiger charge is 2.74. The van der Waals surface area contributed by atoms with Gasteiger partial charge in [0.25, 0.3) is 0 Å². The average molecular weight is 413 g/mol. The molecule has 2 aliphatic carbocycles. The van der Waals surface area contributed by atoms with Crippen LogP contribution in [-0.4, -0.2) is 23.0 Å². The molecular formula is C26H36O4. The Morgan fingerprint density at radius 1 is 1.17 bits per heavy atom. The minimum absolute atomic E-state index is 0.00609. The van der Waals surface area contributed by atoms with E-state index in [9.17, 15) is 14.4 Å². The predicted octanol–water partition coefficient (Wildman–Crippen LogP) is 5.38. The Bertz CT molecular complexity index is 907. The number of Topliss-reactive ketones (excluding diaryl/α,β-unsaturated/α-hetero) is 3. The van der Waals surface area contributed by atoms with Crippen molar-refractivity contribution in [3.05, 3.63) is 35.1 Å². The highest BCUT2D eigenvalue weighted by molar-refractivity contribution is 6.34. The van der Waals surface area contributed by atoms with Crippen LogP contribution in [-0.2, 0) is 19.1 Å². The Hall–Kier alpha value is -1.97. The number of carbonyl (C=O) groups is 3. The van der Waals surface area contributed by atoms with Gasteiger partial charge in [0.1, 0.15) is 11.4 Å². The number of carbonyl (C=O) groups excluding carboxylic acids is 3. The lowest BCUT2D eigenvalue weighted by Gasteiger charge is -2.60. The zero-order valence-corrected chi connectivity index (χ0v) is 19.9. The summed E-state index contributed by atoms with van der Waals surface area (Å²) in [6.45, 7) is 17.2. The highest BCUT2D eigenvalue weighted by Crippen LogP contribution is 2.65. The van der Waals surface area contributed by atoms with Crippen LogP contribution in [0.4, 0.5) is 0 Å². The molecule has 30 heavy (non-hydrogen) atoms. The van der Waals surface area contributed by atoms with Crippen molar-refractivity contribution in [3.63, 3.8) is 0 Å². The van der Waals surface area contributed by atoms with E-state index in [1.807, 2.05) is 54.5 Å². The van der Waals surface area contributed by atoms with Gasteiger partial charge >= 0.3 is 0 Å². The normalized spacial score (nSPS) is 33.9. The second kappa shape index (κ2) is 6.77. The van der Waals surface area contributed by atoms with Gasteiger partial charge in [-0.2, -0.15) is 0 Å². The van der Waals surface area contributed by atoms with Gasteiger partial charge in [-0.3, -0.25) is 14.4 Å². The molecule has 0 saturated heterocycles. The van der Waals surface area contributed by atoms with Crippen molar-refractivity contribution in [1.29, 1.82) is 0 Å². The van der Waals surface area contributed by atoms with Crippen molar-refractivity contribution in [3.8, 4) is 0 Å². The summed E-state index contributed by atoms with van der Waals surface area (Å²) in [6, 6.07) is 0. The third-order valence-corrected chi connectivity index (χ3v) is 7.54. The first kappa shape index (κ1) is 22.7. The van der Waals surface area contributed by atoms with Crippen LogP contribution < -0.4 is 0 Å². The summed E-state index contributed by atoms with van der Waals surface area (Å²) in [5, 5.41) is 0. The fourth-order valence-electron chi connectivity index (χ4n) is 5.68. The molecule has 1 aliphatic heterocycles. The van der Waals surface area contributed by atoms with E-state index in [4.69, 9.17) is 4.74 Å². The van der Waals surface area contributed by atoms with Crippen LogP contribution in [0.3, 0.4) is 0 Å². The number of ketones is 3. The van der Waals surface area contributed by atoms with Crippen molar-refractivity contribution >= 4 is 17.3 Å². The number of hydrogen-bond donors (Lipinski definition) is 0. The third-order valence-electron chi connectivity index (χ3n) is 7.54. The van der Waals surface area contributed by atoms with Crippen molar-refractivity contribution < 1.29 is 19.1 Å². The third kappa shape index (κ3) is 2.82. The van der Waals surface area contributed by atoms with E-state index in [2.05, 4.69) is 6.08 Å². The Kier molecular flexibility index (Phi) is 5.12. The van der Waals surface area contributed by atoms with Crippen LogP contribution in [0.15, 0.2) is 35.1 Å². The van der Waals surface area contributed by atoms with Crippen molar-refractivity contribution in [2.24, 2.45) is 28.1 Å². The molecule has 3 aliphatic rings. The maximum atomic E-state index is 14.2. The van der Waals surface area contributed by atoms with Gasteiger partial charge in [-0.05, 0) is 70.9 Å². The second-order valence-corrected chi connectivity index (χ2v) is 11.2. The largest absolute Gasteiger partial charge is 0.486 e. The number of rotatable bonds is 4. The molecule has 3 rings (SSSR count). The Balaban J connectivity index is 2.35. The lowest BCUT2D eigenvalue weighted by molar-refractivity contribution is -0.178. The summed E-state index contributed by atoms with van der Waals surface area (Å²) < 4.78 is 6.26. The van der Waals surface area contributed by atoms with Gasteiger partial charge in [0.2, 0.25) is 0 Å². The van der Waals surface area contributed by atoms with Crippen LogP contribution in [0, 0.1) is 28.1 Å². The molecule has 1 saturated carbocycles. The average Bonchev–Trinajstić information content (AvgIpc) is 2.61. The van der Waals surface area contributed by atoms with Gasteiger partial charge < -0.3 is 4.74 Å². The molecule has 164 valence electrons. The molecule has 0 radical (unpaired) electrons. The minimum atomic E-state index is -1.68. The maximum Gasteiger partial charge on any atom is 0.187 e. The monoisotopic (exact) mass is 412 g/mol. The van der Waals surface area contributed by atoms with E-state index in [0.717, 1.165) is 6.42 Å². The first-order valence-electron chi connectivity index (χ1n) is 11.0. The molecule has 0 N–H and O–H groups in total. The smallest absolute Gasteiger partial charge is 0.187 e. The SMILES string of the molecule is CC(C)=CCC1CC2(C)C(=O)C(C(=O)C(C)C)(C(=O)C3=C2OC(C)(C)C=C3)C1(C)C. The molecule has 0 aromatic rings. The molecule has 0 aromatic heterocycles. The number of fused-ring (bicyclic) bond motifs is 3. The standard InChI is InChI=1S/C26H36O4/c1-15(2)10-11-17-14-25(9)21-18(12-13-23(5,6)30-21)20(28)26(22(25)29,24(17,7)8)19(27)16(3)4/h10,12-13,16-17H,11,14H2,1-9H3. The summed E-state index contributed by atoms with van der Waals surface area (Å²) in [6.07, 6.45) is 7.06. The molecule has 3 unspecified atom stereocenters. The van der Waals surface area contributed by atoms with E-state index in [0.29, 0.717) is 17.8 Å². The predicted molar refractivity (Wildman–Crippen MR) is 118 cm³/mol. The topological polar surface area (TPSA) is 60.4 Å². The molecule has 2 bridgehead atoms. The zero-order chi connectivity index (χ0) is 22.9. The Morgan fingerprint density at radius 2 is 1.77 bits per heavy atom. The van der Waals surface area contributed by atoms with Crippen LogP contribution in [0.25, 0.3) is 0 Å². The minimum Gasteiger partial charge on any atom is -0.486 e. The van der Waals surface area contributed by atoms with Crippen LogP contribution in [0.2, 0.25) is 0 Å². The second-order valence-electron chi connectivity index (χ2n) is 11.2. The van der Waals surface area contributed by atoms with E-state index < -0.39 is 27.8 Å². The maximum absolute atomic E-state index is 14.2. The molecule has 4 nitrogen and oxygen atoms in total. The molecule has 4 heteroatoms. The molecule has 3 atom stereocenters. The van der Waals surface area contributed by atoms with Crippen molar-refractivity contribution in [2.45, 2.75) is 80.8 Å². The molecule has 1 heterocycles. The first-order valence-corrected chi connectivity index (χ1v) is 11.0. The quantitative estimate of drug-likeness (QED) is 0.460. The van der Waals surface area contributed by atoms with Gasteiger partial charge in [0.05, 0.1) is 11.0 Å². The van der Waals surface area contributed by atoms with Crippen LogP contribution in [0.5, 0.6) is 0 Å². The van der Waals surface area contributed by atoms with E-state index >= 15 is 0 Å². The first-order chi connectivity index (χ1) is 13.6. The van der Waals surface area contributed by atoms with Gasteiger partial charge in [-0.25, -0.2) is 0 Å². The van der Waals surface area contributed by atoms with Crippen LogP contribution in [0.1, 0.15) is 75.2 Å². The van der Waals surface area contributed by atoms with Crippen molar-refractivity contribution in [2.75, 3.05) is 0 Å². The van der Waals surface area contributed by atoms with E-state index in [1.54, 1.807) is 19.9 Å². The lowest BCUT2D eigenvalue weighted by Crippen LogP contribution is -2.70. The van der Waals surface area contributed by atoms with Gasteiger partial charge in [0.15, 0.2) is 22.8 Å². The molecular weight excluding hydrogens is 376 g/mol. The van der Waals surface area contributed by atoms with Gasteiger partial charge in [-0.15, -0.1) is 0 Å². The highest BCUT2D eigenvalue weighted by atomic mass is 16.5. The number of ether oxygens (including phenoxy) is 1. The number of allylic oxidation sites excluding steroid dienone is 5. The van der Waals surface area contributed by atoms with E-state index in [-0.39, 0.29) is 23.3 Å². The van der Waals surface area contributed by atoms with Gasteiger partial charge in [0, 0.05) is 5.92 Å². The Labute approximate surface area is 180 Å².